The molecule has 130 valence electrons. The summed E-state index contributed by atoms with van der Waals surface area (Å²) < 4.78 is 5.27. The smallest absolute Gasteiger partial charge is 0.194 e. The number of methoxy groups -OCH3 is 1. The second-order valence-corrected chi connectivity index (χ2v) is 6.61. The average molecular weight is 347 g/mol. The number of guanidine groups is 1. The van der Waals surface area contributed by atoms with Gasteiger partial charge in [-0.25, -0.2) is 4.98 Å². The van der Waals surface area contributed by atoms with Crippen LogP contribution in [0.15, 0.2) is 34.6 Å². The van der Waals surface area contributed by atoms with E-state index in [9.17, 15) is 0 Å². The zero-order valence-corrected chi connectivity index (χ0v) is 15.7. The predicted octanol–water partition coefficient (Wildman–Crippen LogP) is 3.10. The molecule has 0 bridgehead atoms. The highest BCUT2D eigenvalue weighted by Crippen LogP contribution is 2.13. The number of ether oxygens (including phenoxy) is 1. The third kappa shape index (κ3) is 5.53. The van der Waals surface area contributed by atoms with E-state index < -0.39 is 0 Å². The molecule has 1 N–H and O–H groups in total. The summed E-state index contributed by atoms with van der Waals surface area (Å²) >= 11 is 1.68. The van der Waals surface area contributed by atoms with Crippen LogP contribution in [0.2, 0.25) is 0 Å². The van der Waals surface area contributed by atoms with Crippen LogP contribution in [0, 0.1) is 6.92 Å². The molecule has 0 amide bonds. The lowest BCUT2D eigenvalue weighted by Crippen LogP contribution is -2.38. The maximum atomic E-state index is 5.27. The number of aliphatic imine (C=N–C) groups is 1. The molecule has 1 aromatic carbocycles. The van der Waals surface area contributed by atoms with E-state index in [2.05, 4.69) is 39.6 Å². The van der Waals surface area contributed by atoms with Gasteiger partial charge in [0.05, 0.1) is 24.4 Å². The molecule has 0 saturated heterocycles. The Kier molecular flexibility index (Phi) is 7.06. The van der Waals surface area contributed by atoms with Crippen molar-refractivity contribution in [2.75, 3.05) is 27.2 Å². The van der Waals surface area contributed by atoms with Gasteiger partial charge in [-0.3, -0.25) is 4.99 Å². The van der Waals surface area contributed by atoms with Crippen molar-refractivity contribution in [2.24, 2.45) is 4.99 Å². The first-order valence-corrected chi connectivity index (χ1v) is 9.03. The number of benzene rings is 1. The van der Waals surface area contributed by atoms with Crippen LogP contribution in [-0.2, 0) is 13.0 Å². The SMILES string of the molecule is CCNC(=NCCc1cccc(OC)c1)N(C)Cc1csc(C)n1. The van der Waals surface area contributed by atoms with E-state index in [0.29, 0.717) is 0 Å². The van der Waals surface area contributed by atoms with Crippen molar-refractivity contribution < 1.29 is 4.74 Å². The number of thiazole rings is 1. The van der Waals surface area contributed by atoms with Crippen LogP contribution >= 0.6 is 11.3 Å². The Morgan fingerprint density at radius 2 is 2.25 bits per heavy atom. The van der Waals surface area contributed by atoms with Crippen molar-refractivity contribution in [1.82, 2.24) is 15.2 Å². The summed E-state index contributed by atoms with van der Waals surface area (Å²) in [5.41, 5.74) is 2.31. The summed E-state index contributed by atoms with van der Waals surface area (Å²) in [6, 6.07) is 8.14. The lowest BCUT2D eigenvalue weighted by atomic mass is 10.1. The molecule has 2 aromatic rings. The molecule has 0 radical (unpaired) electrons. The quantitative estimate of drug-likeness (QED) is 0.618. The molecule has 24 heavy (non-hydrogen) atoms. The summed E-state index contributed by atoms with van der Waals surface area (Å²) in [5, 5.41) is 6.54. The molecule has 0 spiro atoms. The number of nitrogens with zero attached hydrogens (tertiary/aromatic N) is 3. The molecule has 0 atom stereocenters. The Bertz CT molecular complexity index is 669. The standard InChI is InChI=1S/C18H26N4OS/c1-5-19-18(22(3)12-16-13-24-14(2)21-16)20-10-9-15-7-6-8-17(11-15)23-4/h6-8,11,13H,5,9-10,12H2,1-4H3,(H,19,20). The first-order chi connectivity index (χ1) is 11.6. The molecular formula is C18H26N4OS. The van der Waals surface area contributed by atoms with E-state index in [1.807, 2.05) is 26.1 Å². The minimum atomic E-state index is 0.732. The highest BCUT2D eigenvalue weighted by Gasteiger charge is 2.08. The van der Waals surface area contributed by atoms with Gasteiger partial charge >= 0.3 is 0 Å². The Morgan fingerprint density at radius 3 is 2.92 bits per heavy atom. The summed E-state index contributed by atoms with van der Waals surface area (Å²) in [7, 11) is 3.73. The summed E-state index contributed by atoms with van der Waals surface area (Å²) in [6.07, 6.45) is 0.885. The van der Waals surface area contributed by atoms with Gasteiger partial charge in [0.2, 0.25) is 0 Å². The molecule has 5 nitrogen and oxygen atoms in total. The molecule has 0 unspecified atom stereocenters. The van der Waals surface area contributed by atoms with Crippen molar-refractivity contribution >= 4 is 17.3 Å². The van der Waals surface area contributed by atoms with Gasteiger partial charge in [0.1, 0.15) is 5.75 Å². The second kappa shape index (κ2) is 9.27. The fourth-order valence-electron chi connectivity index (χ4n) is 2.39. The maximum absolute atomic E-state index is 5.27. The van der Waals surface area contributed by atoms with Crippen molar-refractivity contribution in [2.45, 2.75) is 26.8 Å². The van der Waals surface area contributed by atoms with Gasteiger partial charge in [0.15, 0.2) is 5.96 Å². The van der Waals surface area contributed by atoms with E-state index in [1.165, 1.54) is 5.56 Å². The number of aryl methyl sites for hydroxylation is 1. The zero-order chi connectivity index (χ0) is 17.4. The lowest BCUT2D eigenvalue weighted by Gasteiger charge is -2.21. The minimum Gasteiger partial charge on any atom is -0.497 e. The van der Waals surface area contributed by atoms with Crippen molar-refractivity contribution in [3.8, 4) is 5.75 Å². The topological polar surface area (TPSA) is 49.8 Å². The summed E-state index contributed by atoms with van der Waals surface area (Å²) in [4.78, 5) is 11.4. The van der Waals surface area contributed by atoms with Crippen LogP contribution in [0.3, 0.4) is 0 Å². The molecule has 0 aliphatic rings. The average Bonchev–Trinajstić information content (AvgIpc) is 2.99. The Balaban J connectivity index is 1.96. The van der Waals surface area contributed by atoms with Gasteiger partial charge < -0.3 is 15.0 Å². The number of aromatic nitrogens is 1. The largest absolute Gasteiger partial charge is 0.497 e. The third-order valence-corrected chi connectivity index (χ3v) is 4.38. The first kappa shape index (κ1) is 18.3. The number of rotatable bonds is 7. The molecule has 1 heterocycles. The number of nitrogens with one attached hydrogen (secondary N) is 1. The molecule has 0 aliphatic heterocycles. The van der Waals surface area contributed by atoms with Gasteiger partial charge in [0.25, 0.3) is 0 Å². The molecule has 2 rings (SSSR count). The first-order valence-electron chi connectivity index (χ1n) is 8.15. The van der Waals surface area contributed by atoms with Crippen LogP contribution in [-0.4, -0.2) is 43.1 Å². The van der Waals surface area contributed by atoms with Gasteiger partial charge in [0, 0.05) is 25.5 Å². The van der Waals surface area contributed by atoms with E-state index in [-0.39, 0.29) is 0 Å². The van der Waals surface area contributed by atoms with Crippen molar-refractivity contribution in [3.63, 3.8) is 0 Å². The number of hydrogen-bond donors (Lipinski definition) is 1. The normalized spacial score (nSPS) is 11.4. The highest BCUT2D eigenvalue weighted by atomic mass is 32.1. The monoisotopic (exact) mass is 346 g/mol. The van der Waals surface area contributed by atoms with Crippen LogP contribution in [0.1, 0.15) is 23.2 Å². The Hall–Kier alpha value is -2.08. The molecule has 6 heteroatoms. The summed E-state index contributed by atoms with van der Waals surface area (Å²) in [6.45, 7) is 6.45. The minimum absolute atomic E-state index is 0.732. The Morgan fingerprint density at radius 1 is 1.42 bits per heavy atom. The van der Waals surface area contributed by atoms with Crippen LogP contribution in [0.5, 0.6) is 5.75 Å². The van der Waals surface area contributed by atoms with Crippen molar-refractivity contribution in [1.29, 1.82) is 0 Å². The highest BCUT2D eigenvalue weighted by molar-refractivity contribution is 7.09. The van der Waals surface area contributed by atoms with E-state index >= 15 is 0 Å². The molecular weight excluding hydrogens is 320 g/mol. The molecule has 0 saturated carbocycles. The third-order valence-electron chi connectivity index (χ3n) is 3.56. The van der Waals surface area contributed by atoms with Crippen LogP contribution in [0.25, 0.3) is 0 Å². The maximum Gasteiger partial charge on any atom is 0.194 e. The van der Waals surface area contributed by atoms with Gasteiger partial charge in [-0.2, -0.15) is 0 Å². The van der Waals surface area contributed by atoms with Gasteiger partial charge in [-0.15, -0.1) is 11.3 Å². The van der Waals surface area contributed by atoms with Crippen LogP contribution in [0.4, 0.5) is 0 Å². The predicted molar refractivity (Wildman–Crippen MR) is 101 cm³/mol. The van der Waals surface area contributed by atoms with E-state index in [0.717, 1.165) is 48.5 Å². The second-order valence-electron chi connectivity index (χ2n) is 5.55. The fraction of sp³-hybridized carbons (Fsp3) is 0.444. The molecule has 1 aromatic heterocycles. The van der Waals surface area contributed by atoms with E-state index in [1.54, 1.807) is 18.4 Å². The van der Waals surface area contributed by atoms with Gasteiger partial charge in [-0.1, -0.05) is 12.1 Å². The summed E-state index contributed by atoms with van der Waals surface area (Å²) in [5.74, 6) is 1.80. The van der Waals surface area contributed by atoms with Gasteiger partial charge in [-0.05, 0) is 38.0 Å². The lowest BCUT2D eigenvalue weighted by molar-refractivity contribution is 0.414. The van der Waals surface area contributed by atoms with Crippen molar-refractivity contribution in [3.05, 3.63) is 45.9 Å². The zero-order valence-electron chi connectivity index (χ0n) is 14.9. The Labute approximate surface area is 148 Å². The number of hydrogen-bond acceptors (Lipinski definition) is 4. The molecule has 0 aliphatic carbocycles. The fourth-order valence-corrected chi connectivity index (χ4v) is 2.99. The van der Waals surface area contributed by atoms with E-state index in [4.69, 9.17) is 9.73 Å². The molecule has 0 fully saturated rings. The van der Waals surface area contributed by atoms with Crippen LogP contribution < -0.4 is 10.1 Å².